The van der Waals surface area contributed by atoms with E-state index in [0.717, 1.165) is 12.8 Å². The van der Waals surface area contributed by atoms with E-state index in [1.54, 1.807) is 0 Å². The van der Waals surface area contributed by atoms with Crippen molar-refractivity contribution in [1.29, 1.82) is 5.26 Å². The number of hydrogen-bond donors (Lipinski definition) is 0. The maximum atomic E-state index is 8.63. The number of allylic oxidation sites excluding steroid dienone is 1. The van der Waals surface area contributed by atoms with Gasteiger partial charge in [-0.1, -0.05) is 32.4 Å². The molecule has 1 fully saturated rings. The highest BCUT2D eigenvalue weighted by Gasteiger charge is 2.35. The number of ether oxygens (including phenoxy) is 1. The number of rotatable bonds is 3. The van der Waals surface area contributed by atoms with Crippen molar-refractivity contribution < 1.29 is 4.74 Å². The largest absolute Gasteiger partial charge is 0.424 e. The topological polar surface area (TPSA) is 33.0 Å². The molecule has 0 radical (unpaired) electrons. The van der Waals surface area contributed by atoms with Crippen LogP contribution in [0.2, 0.25) is 0 Å². The van der Waals surface area contributed by atoms with Crippen LogP contribution in [0.4, 0.5) is 0 Å². The Morgan fingerprint density at radius 3 is 2.67 bits per heavy atom. The van der Waals surface area contributed by atoms with Crippen molar-refractivity contribution in [2.75, 3.05) is 0 Å². The standard InChI is InChI=1S/C13H21NO/c1-5-11-6-12(9(2)3)7-13(10(11)4)15-8-14/h10-13H,2,5-7H2,1,3-4H3. The van der Waals surface area contributed by atoms with Crippen molar-refractivity contribution in [1.82, 2.24) is 0 Å². The third-order valence-corrected chi connectivity index (χ3v) is 3.86. The minimum Gasteiger partial charge on any atom is -0.424 e. The summed E-state index contributed by atoms with van der Waals surface area (Å²) in [7, 11) is 0. The van der Waals surface area contributed by atoms with Crippen LogP contribution in [0, 0.1) is 29.3 Å². The van der Waals surface area contributed by atoms with Gasteiger partial charge in [-0.3, -0.25) is 0 Å². The quantitative estimate of drug-likeness (QED) is 0.524. The second kappa shape index (κ2) is 5.21. The highest BCUT2D eigenvalue weighted by molar-refractivity contribution is 5.01. The lowest BCUT2D eigenvalue weighted by atomic mass is 9.70. The van der Waals surface area contributed by atoms with Crippen LogP contribution in [0.1, 0.15) is 40.0 Å². The molecule has 0 spiro atoms. The Bertz CT molecular complexity index is 266. The Balaban J connectivity index is 2.72. The minimum atomic E-state index is 0.0930. The molecule has 1 rings (SSSR count). The third-order valence-electron chi connectivity index (χ3n) is 3.86. The average molecular weight is 207 g/mol. The van der Waals surface area contributed by atoms with E-state index < -0.39 is 0 Å². The van der Waals surface area contributed by atoms with Crippen molar-refractivity contribution in [3.63, 3.8) is 0 Å². The van der Waals surface area contributed by atoms with Gasteiger partial charge < -0.3 is 4.74 Å². The molecule has 0 aromatic heterocycles. The summed E-state index contributed by atoms with van der Waals surface area (Å²) in [4.78, 5) is 0. The van der Waals surface area contributed by atoms with Gasteiger partial charge in [0.25, 0.3) is 6.26 Å². The summed E-state index contributed by atoms with van der Waals surface area (Å²) in [5, 5.41) is 8.63. The smallest absolute Gasteiger partial charge is 0.286 e. The van der Waals surface area contributed by atoms with Crippen LogP contribution in [-0.4, -0.2) is 6.10 Å². The molecule has 0 aromatic carbocycles. The van der Waals surface area contributed by atoms with Gasteiger partial charge >= 0.3 is 0 Å². The fourth-order valence-electron chi connectivity index (χ4n) is 2.64. The highest BCUT2D eigenvalue weighted by atomic mass is 16.5. The second-order valence-electron chi connectivity index (χ2n) is 4.79. The predicted molar refractivity (Wildman–Crippen MR) is 61.0 cm³/mol. The van der Waals surface area contributed by atoms with E-state index in [4.69, 9.17) is 10.00 Å². The molecule has 15 heavy (non-hydrogen) atoms. The molecular weight excluding hydrogens is 186 g/mol. The minimum absolute atomic E-state index is 0.0930. The van der Waals surface area contributed by atoms with Gasteiger partial charge in [-0.25, -0.2) is 0 Å². The molecule has 0 N–H and O–H groups in total. The SMILES string of the molecule is C=C(C)C1CC(CC)C(C)C(OC#N)C1. The molecule has 0 heterocycles. The Morgan fingerprint density at radius 1 is 1.53 bits per heavy atom. The van der Waals surface area contributed by atoms with Crippen LogP contribution in [-0.2, 0) is 4.74 Å². The van der Waals surface area contributed by atoms with Crippen LogP contribution >= 0.6 is 0 Å². The molecule has 1 aliphatic rings. The lowest BCUT2D eigenvalue weighted by Crippen LogP contribution is -2.36. The van der Waals surface area contributed by atoms with E-state index in [0.29, 0.717) is 17.8 Å². The predicted octanol–water partition coefficient (Wildman–Crippen LogP) is 3.50. The molecule has 0 bridgehead atoms. The fraction of sp³-hybridized carbons (Fsp3) is 0.769. The summed E-state index contributed by atoms with van der Waals surface area (Å²) in [6.45, 7) is 10.5. The summed E-state index contributed by atoms with van der Waals surface area (Å²) in [6.07, 6.45) is 5.26. The average Bonchev–Trinajstić information content (AvgIpc) is 2.21. The van der Waals surface area contributed by atoms with Gasteiger partial charge in [0.05, 0.1) is 0 Å². The van der Waals surface area contributed by atoms with E-state index in [2.05, 4.69) is 27.4 Å². The summed E-state index contributed by atoms with van der Waals surface area (Å²) in [6, 6.07) is 0. The molecular formula is C13H21NO. The molecule has 2 heteroatoms. The van der Waals surface area contributed by atoms with E-state index in [-0.39, 0.29) is 6.10 Å². The molecule has 4 unspecified atom stereocenters. The first-order valence-corrected chi connectivity index (χ1v) is 5.80. The zero-order valence-electron chi connectivity index (χ0n) is 9.99. The van der Waals surface area contributed by atoms with Crippen LogP contribution in [0.25, 0.3) is 0 Å². The summed E-state index contributed by atoms with van der Waals surface area (Å²) >= 11 is 0. The van der Waals surface area contributed by atoms with E-state index in [9.17, 15) is 0 Å². The lowest BCUT2D eigenvalue weighted by Gasteiger charge is -2.38. The monoisotopic (exact) mass is 207 g/mol. The highest BCUT2D eigenvalue weighted by Crippen LogP contribution is 2.39. The number of nitrogens with zero attached hydrogens (tertiary/aromatic N) is 1. The van der Waals surface area contributed by atoms with Gasteiger partial charge in [0.2, 0.25) is 0 Å². The van der Waals surface area contributed by atoms with Crippen molar-refractivity contribution in [2.45, 2.75) is 46.1 Å². The van der Waals surface area contributed by atoms with Gasteiger partial charge in [0, 0.05) is 0 Å². The fourth-order valence-corrected chi connectivity index (χ4v) is 2.64. The maximum absolute atomic E-state index is 8.63. The first-order valence-electron chi connectivity index (χ1n) is 5.80. The summed E-state index contributed by atoms with van der Waals surface area (Å²) in [5.74, 6) is 1.69. The van der Waals surface area contributed by atoms with Crippen molar-refractivity contribution in [3.05, 3.63) is 12.2 Å². The molecule has 4 atom stereocenters. The molecule has 1 saturated carbocycles. The molecule has 1 aliphatic carbocycles. The maximum Gasteiger partial charge on any atom is 0.286 e. The normalized spacial score (nSPS) is 35.6. The molecule has 0 amide bonds. The van der Waals surface area contributed by atoms with E-state index in [1.807, 2.05) is 6.26 Å². The zero-order chi connectivity index (χ0) is 11.4. The van der Waals surface area contributed by atoms with Crippen molar-refractivity contribution in [2.24, 2.45) is 17.8 Å². The number of nitriles is 1. The molecule has 0 aliphatic heterocycles. The second-order valence-corrected chi connectivity index (χ2v) is 4.79. The van der Waals surface area contributed by atoms with Crippen LogP contribution in [0.15, 0.2) is 12.2 Å². The Kier molecular flexibility index (Phi) is 4.20. The van der Waals surface area contributed by atoms with Gasteiger partial charge in [-0.15, -0.1) is 0 Å². The van der Waals surface area contributed by atoms with Crippen LogP contribution in [0.3, 0.4) is 0 Å². The Hall–Kier alpha value is -0.970. The molecule has 0 saturated heterocycles. The summed E-state index contributed by atoms with van der Waals surface area (Å²) < 4.78 is 5.17. The van der Waals surface area contributed by atoms with Gasteiger partial charge in [-0.05, 0) is 37.5 Å². The van der Waals surface area contributed by atoms with Crippen molar-refractivity contribution in [3.8, 4) is 6.26 Å². The van der Waals surface area contributed by atoms with Gasteiger partial charge in [-0.2, -0.15) is 5.26 Å². The van der Waals surface area contributed by atoms with Crippen LogP contribution in [0.5, 0.6) is 0 Å². The van der Waals surface area contributed by atoms with Crippen molar-refractivity contribution >= 4 is 0 Å². The first kappa shape index (κ1) is 12.1. The van der Waals surface area contributed by atoms with E-state index >= 15 is 0 Å². The van der Waals surface area contributed by atoms with Gasteiger partial charge in [0.1, 0.15) is 6.10 Å². The summed E-state index contributed by atoms with van der Waals surface area (Å²) in [5.41, 5.74) is 1.23. The molecule has 2 nitrogen and oxygen atoms in total. The lowest BCUT2D eigenvalue weighted by molar-refractivity contribution is 0.0190. The first-order chi connectivity index (χ1) is 7.10. The Morgan fingerprint density at radius 2 is 2.20 bits per heavy atom. The number of hydrogen-bond acceptors (Lipinski definition) is 2. The zero-order valence-corrected chi connectivity index (χ0v) is 9.99. The molecule has 0 aromatic rings. The third kappa shape index (κ3) is 2.75. The molecule has 84 valence electrons. The Labute approximate surface area is 92.9 Å². The van der Waals surface area contributed by atoms with Crippen LogP contribution < -0.4 is 0 Å². The van der Waals surface area contributed by atoms with E-state index in [1.165, 1.54) is 12.0 Å². The van der Waals surface area contributed by atoms with Gasteiger partial charge in [0.15, 0.2) is 0 Å².